The molecule has 6 nitrogen and oxygen atoms in total. The van der Waals surface area contributed by atoms with Crippen LogP contribution in [0, 0.1) is 0 Å². The van der Waals surface area contributed by atoms with Crippen molar-refractivity contribution >= 4 is 5.97 Å². The minimum atomic E-state index is -0.482. The van der Waals surface area contributed by atoms with Crippen LogP contribution in [0.15, 0.2) is 0 Å². The maximum Gasteiger partial charge on any atom is 0.360 e. The Morgan fingerprint density at radius 2 is 2.20 bits per heavy atom. The minimum Gasteiger partial charge on any atom is -0.464 e. The zero-order chi connectivity index (χ0) is 11.3. The zero-order valence-corrected chi connectivity index (χ0v) is 9.19. The topological polar surface area (TPSA) is 66.2 Å². The maximum absolute atomic E-state index is 11.3. The molecule has 0 atom stereocenters. The van der Waals surface area contributed by atoms with Crippen LogP contribution < -0.4 is 0 Å². The number of carbonyl (C=O) groups excluding carboxylic acids is 1. The number of aromatic nitrogens is 3. The van der Waals surface area contributed by atoms with Gasteiger partial charge < -0.3 is 9.47 Å². The van der Waals surface area contributed by atoms with Crippen molar-refractivity contribution in [2.45, 2.75) is 26.5 Å². The quantitative estimate of drug-likeness (QED) is 0.671. The van der Waals surface area contributed by atoms with Crippen LogP contribution in [0.4, 0.5) is 0 Å². The van der Waals surface area contributed by atoms with E-state index in [9.17, 15) is 4.79 Å². The van der Waals surface area contributed by atoms with Gasteiger partial charge in [-0.05, 0) is 6.42 Å². The van der Waals surface area contributed by atoms with Crippen molar-refractivity contribution in [2.75, 3.05) is 14.2 Å². The van der Waals surface area contributed by atoms with Gasteiger partial charge in [-0.3, -0.25) is 0 Å². The highest BCUT2D eigenvalue weighted by Gasteiger charge is 2.19. The molecule has 0 aromatic carbocycles. The number of methoxy groups -OCH3 is 2. The number of ether oxygens (including phenoxy) is 2. The van der Waals surface area contributed by atoms with Gasteiger partial charge in [-0.2, -0.15) is 0 Å². The number of hydrogen-bond donors (Lipinski definition) is 0. The molecule has 0 aliphatic heterocycles. The molecule has 0 aliphatic rings. The van der Waals surface area contributed by atoms with E-state index in [2.05, 4.69) is 15.0 Å². The van der Waals surface area contributed by atoms with Crippen LogP contribution in [-0.2, 0) is 22.6 Å². The highest BCUT2D eigenvalue weighted by Crippen LogP contribution is 2.08. The van der Waals surface area contributed by atoms with Crippen molar-refractivity contribution in [3.63, 3.8) is 0 Å². The lowest BCUT2D eigenvalue weighted by atomic mass is 10.3. The fraction of sp³-hybridized carbons (Fsp3) is 0.667. The maximum atomic E-state index is 11.3. The summed E-state index contributed by atoms with van der Waals surface area (Å²) in [5.74, 6) is -0.482. The van der Waals surface area contributed by atoms with Gasteiger partial charge in [-0.15, -0.1) is 5.10 Å². The van der Waals surface area contributed by atoms with Crippen LogP contribution in [0.2, 0.25) is 0 Å². The summed E-state index contributed by atoms with van der Waals surface area (Å²) in [6.45, 7) is 3.04. The van der Waals surface area contributed by atoms with Gasteiger partial charge in [0.05, 0.1) is 19.4 Å². The molecule has 0 fully saturated rings. The second-order valence-corrected chi connectivity index (χ2v) is 3.03. The molecule has 0 bridgehead atoms. The lowest BCUT2D eigenvalue weighted by Crippen LogP contribution is -2.10. The first kappa shape index (κ1) is 11.6. The Kier molecular flexibility index (Phi) is 4.23. The van der Waals surface area contributed by atoms with Crippen LogP contribution in [-0.4, -0.2) is 35.2 Å². The van der Waals surface area contributed by atoms with Crippen LogP contribution in [0.25, 0.3) is 0 Å². The SMILES string of the molecule is CCCn1nnc(C(=O)OC)c1COC. The molecule has 1 rings (SSSR count). The highest BCUT2D eigenvalue weighted by molar-refractivity contribution is 5.88. The summed E-state index contributed by atoms with van der Waals surface area (Å²) < 4.78 is 11.3. The van der Waals surface area contributed by atoms with Crippen molar-refractivity contribution in [1.82, 2.24) is 15.0 Å². The van der Waals surface area contributed by atoms with E-state index < -0.39 is 5.97 Å². The van der Waals surface area contributed by atoms with Crippen molar-refractivity contribution in [1.29, 1.82) is 0 Å². The van der Waals surface area contributed by atoms with Crippen LogP contribution in [0.1, 0.15) is 29.5 Å². The highest BCUT2D eigenvalue weighted by atomic mass is 16.5. The molecule has 6 heteroatoms. The first-order valence-electron chi connectivity index (χ1n) is 4.74. The molecule has 84 valence electrons. The summed E-state index contributed by atoms with van der Waals surface area (Å²) in [5, 5.41) is 7.66. The molecule has 15 heavy (non-hydrogen) atoms. The minimum absolute atomic E-state index is 0.229. The average Bonchev–Trinajstić information content (AvgIpc) is 2.62. The summed E-state index contributed by atoms with van der Waals surface area (Å²) in [7, 11) is 2.88. The van der Waals surface area contributed by atoms with Crippen LogP contribution in [0.3, 0.4) is 0 Å². The van der Waals surface area contributed by atoms with Crippen LogP contribution >= 0.6 is 0 Å². The largest absolute Gasteiger partial charge is 0.464 e. The van der Waals surface area contributed by atoms with Gasteiger partial charge in [-0.1, -0.05) is 12.1 Å². The van der Waals surface area contributed by atoms with E-state index >= 15 is 0 Å². The summed E-state index contributed by atoms with van der Waals surface area (Å²) in [6, 6.07) is 0. The van der Waals surface area contributed by atoms with Crippen molar-refractivity contribution < 1.29 is 14.3 Å². The molecule has 0 unspecified atom stereocenters. The Hall–Kier alpha value is -1.43. The zero-order valence-electron chi connectivity index (χ0n) is 9.19. The number of rotatable bonds is 5. The van der Waals surface area contributed by atoms with E-state index in [0.29, 0.717) is 18.8 Å². The molecule has 1 aromatic heterocycles. The van der Waals surface area contributed by atoms with Crippen molar-refractivity contribution in [2.24, 2.45) is 0 Å². The number of aryl methyl sites for hydroxylation is 1. The normalized spacial score (nSPS) is 10.3. The first-order chi connectivity index (χ1) is 7.24. The molecule has 0 saturated carbocycles. The second-order valence-electron chi connectivity index (χ2n) is 3.03. The van der Waals surface area contributed by atoms with E-state index in [1.54, 1.807) is 11.8 Å². The molecule has 0 saturated heterocycles. The van der Waals surface area contributed by atoms with Gasteiger partial charge in [0.1, 0.15) is 0 Å². The third-order valence-corrected chi connectivity index (χ3v) is 1.93. The van der Waals surface area contributed by atoms with E-state index in [1.165, 1.54) is 7.11 Å². The van der Waals surface area contributed by atoms with Gasteiger partial charge in [-0.25, -0.2) is 9.48 Å². The second kappa shape index (κ2) is 5.45. The smallest absolute Gasteiger partial charge is 0.360 e. The third kappa shape index (κ3) is 2.53. The van der Waals surface area contributed by atoms with Gasteiger partial charge in [0.15, 0.2) is 5.69 Å². The summed E-state index contributed by atoms with van der Waals surface area (Å²) in [5.41, 5.74) is 0.888. The summed E-state index contributed by atoms with van der Waals surface area (Å²) in [4.78, 5) is 11.3. The monoisotopic (exact) mass is 213 g/mol. The number of nitrogens with zero attached hydrogens (tertiary/aromatic N) is 3. The number of carbonyl (C=O) groups is 1. The molecule has 0 radical (unpaired) electrons. The van der Waals surface area contributed by atoms with Crippen LogP contribution in [0.5, 0.6) is 0 Å². The van der Waals surface area contributed by atoms with Gasteiger partial charge in [0, 0.05) is 13.7 Å². The standard InChI is InChI=1S/C9H15N3O3/c1-4-5-12-7(6-14-2)8(10-11-12)9(13)15-3/h4-6H2,1-3H3. The Bertz CT molecular complexity index is 335. The molecular weight excluding hydrogens is 198 g/mol. The Balaban J connectivity index is 2.99. The van der Waals surface area contributed by atoms with Crippen molar-refractivity contribution in [3.05, 3.63) is 11.4 Å². The number of esters is 1. The average molecular weight is 213 g/mol. The first-order valence-corrected chi connectivity index (χ1v) is 4.74. The fourth-order valence-corrected chi connectivity index (χ4v) is 1.26. The van der Waals surface area contributed by atoms with E-state index in [0.717, 1.165) is 6.42 Å². The molecule has 1 aromatic rings. The summed E-state index contributed by atoms with van der Waals surface area (Å²) >= 11 is 0. The van der Waals surface area contributed by atoms with Gasteiger partial charge in [0.25, 0.3) is 0 Å². The lowest BCUT2D eigenvalue weighted by molar-refractivity contribution is 0.0588. The Morgan fingerprint density at radius 3 is 2.73 bits per heavy atom. The lowest BCUT2D eigenvalue weighted by Gasteiger charge is -2.04. The Labute approximate surface area is 88.2 Å². The third-order valence-electron chi connectivity index (χ3n) is 1.93. The van der Waals surface area contributed by atoms with E-state index in [-0.39, 0.29) is 5.69 Å². The molecule has 0 spiro atoms. The van der Waals surface area contributed by atoms with Gasteiger partial charge in [0.2, 0.25) is 0 Å². The fourth-order valence-electron chi connectivity index (χ4n) is 1.26. The van der Waals surface area contributed by atoms with Crippen molar-refractivity contribution in [3.8, 4) is 0 Å². The van der Waals surface area contributed by atoms with E-state index in [4.69, 9.17) is 4.74 Å². The molecule has 0 N–H and O–H groups in total. The van der Waals surface area contributed by atoms with Gasteiger partial charge >= 0.3 is 5.97 Å². The summed E-state index contributed by atoms with van der Waals surface area (Å²) in [6.07, 6.45) is 0.917. The predicted molar refractivity (Wildman–Crippen MR) is 52.4 cm³/mol. The molecule has 0 amide bonds. The number of hydrogen-bond acceptors (Lipinski definition) is 5. The molecular formula is C9H15N3O3. The predicted octanol–water partition coefficient (Wildman–Crippen LogP) is 0.621. The van der Waals surface area contributed by atoms with E-state index in [1.807, 2.05) is 6.92 Å². The Morgan fingerprint density at radius 1 is 1.47 bits per heavy atom. The molecule has 0 aliphatic carbocycles. The molecule has 1 heterocycles.